The van der Waals surface area contributed by atoms with E-state index in [-0.39, 0.29) is 11.6 Å². The van der Waals surface area contributed by atoms with Crippen molar-refractivity contribution in [2.45, 2.75) is 46.1 Å². The topological polar surface area (TPSA) is 20.3 Å². The van der Waals surface area contributed by atoms with Crippen molar-refractivity contribution in [1.82, 2.24) is 0 Å². The Morgan fingerprint density at radius 2 is 2.11 bits per heavy atom. The van der Waals surface area contributed by atoms with Crippen LogP contribution in [-0.2, 0) is 0 Å². The standard InChI is InChI=1S/C16H22FNO/c1-11(2)8-9-18(14-5-6-14)16-7-4-13(17)10-15(16)12(3)19/h4,7,10-11,14H,5-6,8-9H2,1-3H3. The maximum absolute atomic E-state index is 13.3. The number of anilines is 1. The minimum atomic E-state index is -0.339. The summed E-state index contributed by atoms with van der Waals surface area (Å²) in [5, 5.41) is 0. The van der Waals surface area contributed by atoms with Gasteiger partial charge >= 0.3 is 0 Å². The molecule has 0 bridgehead atoms. The maximum atomic E-state index is 13.3. The molecule has 1 aliphatic carbocycles. The van der Waals surface area contributed by atoms with Crippen molar-refractivity contribution in [2.75, 3.05) is 11.4 Å². The van der Waals surface area contributed by atoms with Crippen LogP contribution in [-0.4, -0.2) is 18.4 Å². The highest BCUT2D eigenvalue weighted by atomic mass is 19.1. The van der Waals surface area contributed by atoms with Crippen molar-refractivity contribution in [3.05, 3.63) is 29.6 Å². The van der Waals surface area contributed by atoms with Crippen LogP contribution in [0.5, 0.6) is 0 Å². The quantitative estimate of drug-likeness (QED) is 0.722. The first-order chi connectivity index (χ1) is 8.99. The van der Waals surface area contributed by atoms with Crippen LogP contribution in [0.3, 0.4) is 0 Å². The Kier molecular flexibility index (Phi) is 4.23. The Morgan fingerprint density at radius 3 is 2.63 bits per heavy atom. The van der Waals surface area contributed by atoms with Gasteiger partial charge in [0.2, 0.25) is 0 Å². The van der Waals surface area contributed by atoms with Crippen LogP contribution in [0.1, 0.15) is 50.4 Å². The molecule has 0 N–H and O–H groups in total. The first-order valence-electron chi connectivity index (χ1n) is 7.06. The summed E-state index contributed by atoms with van der Waals surface area (Å²) in [4.78, 5) is 14.0. The van der Waals surface area contributed by atoms with Crippen LogP contribution >= 0.6 is 0 Å². The van der Waals surface area contributed by atoms with Crippen molar-refractivity contribution >= 4 is 11.5 Å². The van der Waals surface area contributed by atoms with Crippen LogP contribution in [0, 0.1) is 11.7 Å². The van der Waals surface area contributed by atoms with Crippen LogP contribution < -0.4 is 4.90 Å². The van der Waals surface area contributed by atoms with Crippen molar-refractivity contribution in [2.24, 2.45) is 5.92 Å². The average molecular weight is 263 g/mol. The van der Waals surface area contributed by atoms with E-state index in [0.717, 1.165) is 18.7 Å². The average Bonchev–Trinajstić information content (AvgIpc) is 3.14. The molecule has 1 aromatic carbocycles. The van der Waals surface area contributed by atoms with E-state index in [4.69, 9.17) is 0 Å². The third-order valence-electron chi connectivity index (χ3n) is 3.58. The van der Waals surface area contributed by atoms with Crippen molar-refractivity contribution in [3.63, 3.8) is 0 Å². The SMILES string of the molecule is CC(=O)c1cc(F)ccc1N(CCC(C)C)C1CC1. The highest BCUT2D eigenvalue weighted by Gasteiger charge is 2.30. The van der Waals surface area contributed by atoms with Crippen LogP contribution in [0.15, 0.2) is 18.2 Å². The van der Waals surface area contributed by atoms with Gasteiger partial charge in [0.25, 0.3) is 0 Å². The number of hydrogen-bond acceptors (Lipinski definition) is 2. The third-order valence-corrected chi connectivity index (χ3v) is 3.58. The van der Waals surface area contributed by atoms with Crippen LogP contribution in [0.4, 0.5) is 10.1 Å². The molecule has 104 valence electrons. The van der Waals surface area contributed by atoms with E-state index in [2.05, 4.69) is 18.7 Å². The van der Waals surface area contributed by atoms with Gasteiger partial charge in [0.1, 0.15) is 5.82 Å². The number of nitrogens with zero attached hydrogens (tertiary/aromatic N) is 1. The second-order valence-corrected chi connectivity index (χ2v) is 5.82. The van der Waals surface area contributed by atoms with Gasteiger partial charge in [-0.05, 0) is 50.3 Å². The maximum Gasteiger partial charge on any atom is 0.161 e. The predicted molar refractivity (Wildman–Crippen MR) is 76.2 cm³/mol. The van der Waals surface area contributed by atoms with E-state index in [1.807, 2.05) is 0 Å². The van der Waals surface area contributed by atoms with Gasteiger partial charge in [-0.25, -0.2) is 4.39 Å². The van der Waals surface area contributed by atoms with Crippen molar-refractivity contribution in [3.8, 4) is 0 Å². The molecule has 0 amide bonds. The molecular formula is C16H22FNO. The van der Waals surface area contributed by atoms with Gasteiger partial charge in [-0.3, -0.25) is 4.79 Å². The van der Waals surface area contributed by atoms with Gasteiger partial charge in [-0.1, -0.05) is 13.8 Å². The molecule has 0 atom stereocenters. The zero-order chi connectivity index (χ0) is 14.0. The molecule has 0 radical (unpaired) electrons. The van der Waals surface area contributed by atoms with Gasteiger partial charge in [-0.2, -0.15) is 0 Å². The fraction of sp³-hybridized carbons (Fsp3) is 0.562. The summed E-state index contributed by atoms with van der Waals surface area (Å²) >= 11 is 0. The Bertz CT molecular complexity index is 466. The van der Waals surface area contributed by atoms with E-state index in [9.17, 15) is 9.18 Å². The number of halogens is 1. The van der Waals surface area contributed by atoms with Crippen molar-refractivity contribution in [1.29, 1.82) is 0 Å². The molecule has 0 spiro atoms. The largest absolute Gasteiger partial charge is 0.368 e. The number of rotatable bonds is 6. The van der Waals surface area contributed by atoms with E-state index in [1.54, 1.807) is 6.07 Å². The van der Waals surface area contributed by atoms with Gasteiger partial charge in [0.05, 0.1) is 0 Å². The fourth-order valence-electron chi connectivity index (χ4n) is 2.32. The first-order valence-corrected chi connectivity index (χ1v) is 7.06. The molecule has 3 heteroatoms. The Morgan fingerprint density at radius 1 is 1.42 bits per heavy atom. The Labute approximate surface area is 114 Å². The lowest BCUT2D eigenvalue weighted by molar-refractivity contribution is 0.101. The minimum absolute atomic E-state index is 0.0651. The van der Waals surface area contributed by atoms with E-state index >= 15 is 0 Å². The van der Waals surface area contributed by atoms with E-state index < -0.39 is 0 Å². The zero-order valence-corrected chi connectivity index (χ0v) is 11.9. The fourth-order valence-corrected chi connectivity index (χ4v) is 2.32. The molecule has 1 aliphatic rings. The summed E-state index contributed by atoms with van der Waals surface area (Å²) in [5.74, 6) is 0.223. The molecule has 0 aliphatic heterocycles. The van der Waals surface area contributed by atoms with Crippen LogP contribution in [0.25, 0.3) is 0 Å². The molecule has 1 fully saturated rings. The normalized spacial score (nSPS) is 14.8. The molecule has 19 heavy (non-hydrogen) atoms. The smallest absolute Gasteiger partial charge is 0.161 e. The summed E-state index contributed by atoms with van der Waals surface area (Å²) in [7, 11) is 0. The summed E-state index contributed by atoms with van der Waals surface area (Å²) < 4.78 is 13.3. The lowest BCUT2D eigenvalue weighted by Gasteiger charge is -2.27. The zero-order valence-electron chi connectivity index (χ0n) is 11.9. The number of Topliss-reactive ketones (excluding diaryl/α,β-unsaturated/α-hetero) is 1. The predicted octanol–water partition coefficient (Wildman–Crippen LogP) is 4.04. The van der Waals surface area contributed by atoms with Gasteiger partial charge in [0, 0.05) is 23.8 Å². The molecule has 0 saturated heterocycles. The first kappa shape index (κ1) is 14.0. The van der Waals surface area contributed by atoms with Gasteiger partial charge in [-0.15, -0.1) is 0 Å². The number of hydrogen-bond donors (Lipinski definition) is 0. The molecule has 2 nitrogen and oxygen atoms in total. The highest BCUT2D eigenvalue weighted by Crippen LogP contribution is 2.34. The molecule has 0 heterocycles. The molecule has 1 aromatic rings. The number of carbonyl (C=O) groups excluding carboxylic acids is 1. The van der Waals surface area contributed by atoms with E-state index in [0.29, 0.717) is 17.5 Å². The number of benzene rings is 1. The van der Waals surface area contributed by atoms with E-state index in [1.165, 1.54) is 31.9 Å². The third kappa shape index (κ3) is 3.55. The molecular weight excluding hydrogens is 241 g/mol. The van der Waals surface area contributed by atoms with Crippen molar-refractivity contribution < 1.29 is 9.18 Å². The van der Waals surface area contributed by atoms with Crippen LogP contribution in [0.2, 0.25) is 0 Å². The highest BCUT2D eigenvalue weighted by molar-refractivity contribution is 5.99. The second-order valence-electron chi connectivity index (χ2n) is 5.82. The monoisotopic (exact) mass is 263 g/mol. The second kappa shape index (κ2) is 5.72. The lowest BCUT2D eigenvalue weighted by atomic mass is 10.1. The summed E-state index contributed by atoms with van der Waals surface area (Å²) in [5.41, 5.74) is 1.41. The number of carbonyl (C=O) groups is 1. The Balaban J connectivity index is 2.28. The summed E-state index contributed by atoms with van der Waals surface area (Å²) in [6.07, 6.45) is 3.44. The molecule has 0 unspecified atom stereocenters. The molecule has 0 aromatic heterocycles. The molecule has 2 rings (SSSR count). The number of ketones is 1. The summed E-state index contributed by atoms with van der Waals surface area (Å²) in [6, 6.07) is 5.10. The summed E-state index contributed by atoms with van der Waals surface area (Å²) in [6.45, 7) is 6.84. The van der Waals surface area contributed by atoms with Gasteiger partial charge < -0.3 is 4.90 Å². The lowest BCUT2D eigenvalue weighted by Crippen LogP contribution is -2.29. The molecule has 1 saturated carbocycles. The minimum Gasteiger partial charge on any atom is -0.368 e. The Hall–Kier alpha value is -1.38. The van der Waals surface area contributed by atoms with Gasteiger partial charge in [0.15, 0.2) is 5.78 Å².